The third-order valence-corrected chi connectivity index (χ3v) is 3.74. The smallest absolute Gasteiger partial charge is 0.176 e. The van der Waals surface area contributed by atoms with Crippen LogP contribution in [0, 0.1) is 0 Å². The van der Waals surface area contributed by atoms with Gasteiger partial charge in [0.25, 0.3) is 0 Å². The third-order valence-electron chi connectivity index (χ3n) is 3.74. The molecule has 2 unspecified atom stereocenters. The van der Waals surface area contributed by atoms with E-state index in [9.17, 15) is 5.11 Å². The zero-order valence-electron chi connectivity index (χ0n) is 14.0. The number of benzene rings is 1. The Bertz CT molecular complexity index is 883. The highest BCUT2D eigenvalue weighted by Gasteiger charge is 2.19. The van der Waals surface area contributed by atoms with E-state index in [0.29, 0.717) is 29.0 Å². The van der Waals surface area contributed by atoms with Gasteiger partial charge in [-0.2, -0.15) is 0 Å². The minimum atomic E-state index is -0.710. The Morgan fingerprint density at radius 2 is 2.08 bits per heavy atom. The summed E-state index contributed by atoms with van der Waals surface area (Å²) in [5, 5.41) is 9.86. The van der Waals surface area contributed by atoms with Crippen molar-refractivity contribution < 1.29 is 9.84 Å². The van der Waals surface area contributed by atoms with Crippen LogP contribution in [0.4, 0.5) is 0 Å². The summed E-state index contributed by atoms with van der Waals surface area (Å²) >= 11 is 0. The van der Waals surface area contributed by atoms with Gasteiger partial charge in [0.1, 0.15) is 23.8 Å². The van der Waals surface area contributed by atoms with Gasteiger partial charge in [-0.1, -0.05) is 30.3 Å². The number of hydrogen-bond donors (Lipinski definition) is 2. The minimum Gasteiger partial charge on any atom is -0.385 e. The molecular formula is C17H21N5O2. The average Bonchev–Trinajstić information content (AvgIpc) is 3.04. The summed E-state index contributed by atoms with van der Waals surface area (Å²) in [6.07, 6.45) is 0.588. The maximum absolute atomic E-state index is 9.86. The van der Waals surface area contributed by atoms with Gasteiger partial charge >= 0.3 is 0 Å². The fourth-order valence-electron chi connectivity index (χ4n) is 2.63. The van der Waals surface area contributed by atoms with Crippen LogP contribution in [0.15, 0.2) is 41.7 Å². The number of aliphatic hydroxyl groups is 1. The quantitative estimate of drug-likeness (QED) is 0.749. The van der Waals surface area contributed by atoms with Crippen LogP contribution in [0.25, 0.3) is 11.2 Å². The maximum atomic E-state index is 9.86. The Hall–Kier alpha value is -2.51. The van der Waals surface area contributed by atoms with Crippen LogP contribution >= 0.6 is 0 Å². The number of aliphatic hydroxyl groups excluding tert-OH is 1. The summed E-state index contributed by atoms with van der Waals surface area (Å²) in [7, 11) is 1.64. The number of fused-ring (bicyclic) bond motifs is 1. The molecule has 0 saturated carbocycles. The van der Waals surface area contributed by atoms with Crippen LogP contribution in [0.1, 0.15) is 37.6 Å². The van der Waals surface area contributed by atoms with Crippen molar-refractivity contribution in [2.75, 3.05) is 13.7 Å². The van der Waals surface area contributed by atoms with Crippen LogP contribution in [-0.4, -0.2) is 38.3 Å². The van der Waals surface area contributed by atoms with Gasteiger partial charge in [0.15, 0.2) is 17.4 Å². The molecule has 2 N–H and O–H groups in total. The Labute approximate surface area is 139 Å². The summed E-state index contributed by atoms with van der Waals surface area (Å²) in [6.45, 7) is 4.22. The molecule has 7 heteroatoms. The second-order valence-corrected chi connectivity index (χ2v) is 5.45. The number of methoxy groups -OCH3 is 1. The lowest BCUT2D eigenvalue weighted by molar-refractivity contribution is 0.0804. The molecule has 7 nitrogen and oxygen atoms in total. The number of aromatic amines is 1. The molecule has 1 aromatic carbocycles. The molecule has 0 fully saturated rings. The van der Waals surface area contributed by atoms with Crippen molar-refractivity contribution in [1.29, 1.82) is 0 Å². The summed E-state index contributed by atoms with van der Waals surface area (Å²) < 4.78 is 7.51. The molecule has 2 aromatic heterocycles. The first-order chi connectivity index (χ1) is 11.7. The Morgan fingerprint density at radius 3 is 2.71 bits per heavy atom. The van der Waals surface area contributed by atoms with Gasteiger partial charge in [-0.05, 0) is 13.8 Å². The molecule has 0 aliphatic heterocycles. The van der Waals surface area contributed by atoms with Gasteiger partial charge in [0.05, 0.1) is 0 Å². The highest BCUT2D eigenvalue weighted by molar-refractivity contribution is 5.70. The molecule has 0 amide bonds. The van der Waals surface area contributed by atoms with Crippen molar-refractivity contribution in [2.24, 2.45) is 4.99 Å². The van der Waals surface area contributed by atoms with E-state index in [-0.39, 0.29) is 6.23 Å². The van der Waals surface area contributed by atoms with Crippen molar-refractivity contribution in [1.82, 2.24) is 19.5 Å². The summed E-state index contributed by atoms with van der Waals surface area (Å²) in [4.78, 5) is 16.5. The topological polar surface area (TPSA) is 88.3 Å². The lowest BCUT2D eigenvalue weighted by Crippen LogP contribution is -2.20. The summed E-state index contributed by atoms with van der Waals surface area (Å²) in [5.74, 6) is 0.474. The predicted octanol–water partition coefficient (Wildman–Crippen LogP) is 1.93. The van der Waals surface area contributed by atoms with Crippen LogP contribution < -0.4 is 5.49 Å². The number of aromatic nitrogens is 4. The summed E-state index contributed by atoms with van der Waals surface area (Å²) in [5.41, 5.74) is 2.89. The van der Waals surface area contributed by atoms with Crippen molar-refractivity contribution in [3.8, 4) is 0 Å². The first-order valence-electron chi connectivity index (χ1n) is 7.88. The zero-order chi connectivity index (χ0) is 17.1. The number of rotatable bonds is 5. The van der Waals surface area contributed by atoms with Gasteiger partial charge < -0.3 is 14.8 Å². The first-order valence-corrected chi connectivity index (χ1v) is 7.88. The largest absolute Gasteiger partial charge is 0.385 e. The van der Waals surface area contributed by atoms with E-state index in [1.165, 1.54) is 0 Å². The van der Waals surface area contributed by atoms with E-state index < -0.39 is 6.10 Å². The molecule has 0 radical (unpaired) electrons. The van der Waals surface area contributed by atoms with Crippen molar-refractivity contribution in [2.45, 2.75) is 26.2 Å². The molecule has 2 heterocycles. The second-order valence-electron chi connectivity index (χ2n) is 5.45. The molecule has 0 bridgehead atoms. The SMILES string of the molecule is CCN=c1ncn(C(OC)c2ccccc2)c2nc(C(C)O)[nH]c12. The second kappa shape index (κ2) is 6.94. The van der Waals surface area contributed by atoms with E-state index in [1.807, 2.05) is 41.8 Å². The van der Waals surface area contributed by atoms with E-state index in [2.05, 4.69) is 19.9 Å². The number of nitrogens with one attached hydrogen (secondary N) is 1. The van der Waals surface area contributed by atoms with Gasteiger partial charge in [-0.15, -0.1) is 0 Å². The van der Waals surface area contributed by atoms with E-state index >= 15 is 0 Å². The van der Waals surface area contributed by atoms with Crippen molar-refractivity contribution in [3.05, 3.63) is 53.5 Å². The average molecular weight is 327 g/mol. The zero-order valence-corrected chi connectivity index (χ0v) is 14.0. The minimum absolute atomic E-state index is 0.373. The lowest BCUT2D eigenvalue weighted by atomic mass is 10.2. The molecule has 0 spiro atoms. The number of nitrogens with zero attached hydrogens (tertiary/aromatic N) is 4. The standard InChI is InChI=1S/C17H21N5O2/c1-4-18-15-13-16(21-14(20-13)11(2)23)22(10-19-15)17(24-3)12-8-6-5-7-9-12/h5-11,17,23H,4H2,1-3H3,(H,20,21). The van der Waals surface area contributed by atoms with Gasteiger partial charge in [0.2, 0.25) is 0 Å². The van der Waals surface area contributed by atoms with Gasteiger partial charge in [-0.3, -0.25) is 9.56 Å². The third kappa shape index (κ3) is 2.95. The fourth-order valence-corrected chi connectivity index (χ4v) is 2.63. The van der Waals surface area contributed by atoms with Crippen LogP contribution in [0.2, 0.25) is 0 Å². The molecule has 0 aliphatic rings. The van der Waals surface area contributed by atoms with E-state index in [1.54, 1.807) is 20.4 Å². The Morgan fingerprint density at radius 1 is 1.33 bits per heavy atom. The number of imidazole rings is 1. The van der Waals surface area contributed by atoms with Crippen LogP contribution in [0.3, 0.4) is 0 Å². The van der Waals surface area contributed by atoms with Crippen LogP contribution in [0.5, 0.6) is 0 Å². The molecule has 3 aromatic rings. The predicted molar refractivity (Wildman–Crippen MR) is 90.2 cm³/mol. The normalized spacial score (nSPS) is 14.9. The molecular weight excluding hydrogens is 306 g/mol. The molecule has 3 rings (SSSR count). The van der Waals surface area contributed by atoms with Crippen molar-refractivity contribution in [3.63, 3.8) is 0 Å². The highest BCUT2D eigenvalue weighted by atomic mass is 16.5. The van der Waals surface area contributed by atoms with Crippen molar-refractivity contribution >= 4 is 11.2 Å². The molecule has 126 valence electrons. The maximum Gasteiger partial charge on any atom is 0.176 e. The van der Waals surface area contributed by atoms with E-state index in [0.717, 1.165) is 5.56 Å². The Kier molecular flexibility index (Phi) is 4.73. The molecule has 0 saturated heterocycles. The fraction of sp³-hybridized carbons (Fsp3) is 0.353. The van der Waals surface area contributed by atoms with Gasteiger partial charge in [-0.25, -0.2) is 9.97 Å². The lowest BCUT2D eigenvalue weighted by Gasteiger charge is -2.19. The molecule has 24 heavy (non-hydrogen) atoms. The number of hydrogen-bond acceptors (Lipinski definition) is 5. The molecule has 2 atom stereocenters. The van der Waals surface area contributed by atoms with Crippen LogP contribution in [-0.2, 0) is 4.74 Å². The van der Waals surface area contributed by atoms with E-state index in [4.69, 9.17) is 4.74 Å². The number of ether oxygens (including phenoxy) is 1. The highest BCUT2D eigenvalue weighted by Crippen LogP contribution is 2.22. The first kappa shape index (κ1) is 16.4. The molecule has 0 aliphatic carbocycles. The summed E-state index contributed by atoms with van der Waals surface area (Å²) in [6, 6.07) is 9.84. The Balaban J connectivity index is 2.24. The number of H-pyrrole nitrogens is 1. The van der Waals surface area contributed by atoms with Gasteiger partial charge in [0, 0.05) is 19.2 Å². The monoisotopic (exact) mass is 327 g/mol.